The Hall–Kier alpha value is -2.54. The molecule has 1 aliphatic carbocycles. The maximum absolute atomic E-state index is 4.31. The summed E-state index contributed by atoms with van der Waals surface area (Å²) in [6.07, 6.45) is 2.36. The highest BCUT2D eigenvalue weighted by molar-refractivity contribution is 6.01. The maximum atomic E-state index is 4.31. The van der Waals surface area contributed by atoms with Crippen LogP contribution in [0.1, 0.15) is 30.5 Å². The van der Waals surface area contributed by atoms with Crippen molar-refractivity contribution in [2.45, 2.75) is 32.1 Å². The lowest BCUT2D eigenvalue weighted by atomic mass is 9.83. The molecular formula is C24H23N. The smallest absolute Gasteiger partial charge is 0.0448 e. The molecule has 2 aliphatic rings. The predicted octanol–water partition coefficient (Wildman–Crippen LogP) is 5.85. The topological polar surface area (TPSA) is 3.24 Å². The molecule has 0 fully saturated rings. The fraction of sp³-hybridized carbons (Fsp3) is 0.250. The summed E-state index contributed by atoms with van der Waals surface area (Å²) in [5, 5.41) is 2.89. The number of likely N-dealkylation sites (N-methyl/N-ethyl adjacent to an activating group) is 1. The van der Waals surface area contributed by atoms with Crippen molar-refractivity contribution in [2.24, 2.45) is 0 Å². The van der Waals surface area contributed by atoms with Gasteiger partial charge in [-0.15, -0.1) is 0 Å². The molecule has 0 saturated heterocycles. The minimum atomic E-state index is -0.0189. The average Bonchev–Trinajstić information content (AvgIpc) is 3.11. The lowest BCUT2D eigenvalue weighted by Gasteiger charge is -2.22. The van der Waals surface area contributed by atoms with E-state index in [0.29, 0.717) is 0 Å². The van der Waals surface area contributed by atoms with E-state index < -0.39 is 0 Å². The molecule has 0 atom stereocenters. The first-order valence-electron chi connectivity index (χ1n) is 9.10. The Labute approximate surface area is 149 Å². The first-order chi connectivity index (χ1) is 12.0. The molecule has 1 heteroatoms. The second-order valence-corrected chi connectivity index (χ2v) is 7.97. The van der Waals surface area contributed by atoms with Crippen molar-refractivity contribution in [3.8, 4) is 11.1 Å². The zero-order valence-electron chi connectivity index (χ0n) is 15.2. The number of hydrogen-bond acceptors (Lipinski definition) is 1. The van der Waals surface area contributed by atoms with Gasteiger partial charge in [0, 0.05) is 23.8 Å². The summed E-state index contributed by atoms with van der Waals surface area (Å²) in [5.74, 6) is 0. The average molecular weight is 325 g/mol. The SMILES string of the molecule is C=C1N(C)c2ccc(-c3ccc4c5c(cccc35)CC4)cc2C1(C)C. The standard InChI is InChI=1S/C24H23N/c1-15-24(2,3)21-14-18(11-13-22(21)25(15)4)19-12-10-17-9-8-16-6-5-7-20(19)23(16)17/h5-7,10-14H,1,8-9H2,2-4H3. The highest BCUT2D eigenvalue weighted by Gasteiger charge is 2.37. The normalized spacial score (nSPS) is 17.4. The van der Waals surface area contributed by atoms with Gasteiger partial charge in [-0.2, -0.15) is 0 Å². The summed E-state index contributed by atoms with van der Waals surface area (Å²) in [6, 6.07) is 18.3. The Bertz CT molecular complexity index is 1040. The molecule has 0 N–H and O–H groups in total. The number of hydrogen-bond donors (Lipinski definition) is 0. The molecule has 0 spiro atoms. The van der Waals surface area contributed by atoms with Gasteiger partial charge in [-0.05, 0) is 63.6 Å². The minimum absolute atomic E-state index is 0.0189. The van der Waals surface area contributed by atoms with Crippen LogP contribution >= 0.6 is 0 Å². The van der Waals surface area contributed by atoms with Crippen molar-refractivity contribution in [1.82, 2.24) is 0 Å². The maximum Gasteiger partial charge on any atom is 0.0448 e. The quantitative estimate of drug-likeness (QED) is 0.543. The Balaban J connectivity index is 1.76. The second kappa shape index (κ2) is 4.76. The van der Waals surface area contributed by atoms with Crippen LogP contribution in [0.3, 0.4) is 0 Å². The first kappa shape index (κ1) is 14.8. The van der Waals surface area contributed by atoms with Crippen LogP contribution in [0.5, 0.6) is 0 Å². The molecule has 0 bridgehead atoms. The molecule has 0 saturated carbocycles. The van der Waals surface area contributed by atoms with Crippen molar-refractivity contribution < 1.29 is 0 Å². The van der Waals surface area contributed by atoms with Gasteiger partial charge in [-0.25, -0.2) is 0 Å². The number of rotatable bonds is 1. The van der Waals surface area contributed by atoms with Gasteiger partial charge in [-0.3, -0.25) is 0 Å². The van der Waals surface area contributed by atoms with Crippen molar-refractivity contribution in [2.75, 3.05) is 11.9 Å². The largest absolute Gasteiger partial charge is 0.348 e. The van der Waals surface area contributed by atoms with E-state index in [1.54, 1.807) is 0 Å². The molecule has 25 heavy (non-hydrogen) atoms. The van der Waals surface area contributed by atoms with Crippen molar-refractivity contribution in [3.05, 3.63) is 77.5 Å². The van der Waals surface area contributed by atoms with Crippen LogP contribution < -0.4 is 4.90 Å². The van der Waals surface area contributed by atoms with Crippen molar-refractivity contribution in [3.63, 3.8) is 0 Å². The Morgan fingerprint density at radius 2 is 1.72 bits per heavy atom. The summed E-state index contributed by atoms with van der Waals surface area (Å²) < 4.78 is 0. The molecule has 1 aliphatic heterocycles. The highest BCUT2D eigenvalue weighted by Crippen LogP contribution is 2.48. The zero-order chi connectivity index (χ0) is 17.3. The molecule has 5 rings (SSSR count). The number of nitrogens with zero attached hydrogens (tertiary/aromatic N) is 1. The molecule has 124 valence electrons. The first-order valence-corrected chi connectivity index (χ1v) is 9.10. The monoisotopic (exact) mass is 325 g/mol. The molecule has 1 nitrogen and oxygen atoms in total. The number of anilines is 1. The summed E-state index contributed by atoms with van der Waals surface area (Å²) in [7, 11) is 2.12. The molecule has 1 heterocycles. The lowest BCUT2D eigenvalue weighted by molar-refractivity contribution is 0.643. The highest BCUT2D eigenvalue weighted by atomic mass is 15.1. The van der Waals surface area contributed by atoms with Crippen LogP contribution in [0, 0.1) is 0 Å². The molecular weight excluding hydrogens is 302 g/mol. The van der Waals surface area contributed by atoms with Gasteiger partial charge in [0.25, 0.3) is 0 Å². The van der Waals surface area contributed by atoms with E-state index in [-0.39, 0.29) is 5.41 Å². The third-order valence-corrected chi connectivity index (χ3v) is 6.35. The molecule has 0 amide bonds. The van der Waals surface area contributed by atoms with Crippen molar-refractivity contribution in [1.29, 1.82) is 0 Å². The van der Waals surface area contributed by atoms with E-state index in [1.807, 2.05) is 0 Å². The number of benzene rings is 3. The third-order valence-electron chi connectivity index (χ3n) is 6.35. The van der Waals surface area contributed by atoms with E-state index in [9.17, 15) is 0 Å². The Morgan fingerprint density at radius 1 is 0.960 bits per heavy atom. The van der Waals surface area contributed by atoms with Crippen LogP contribution in [-0.2, 0) is 18.3 Å². The zero-order valence-corrected chi connectivity index (χ0v) is 15.2. The van der Waals surface area contributed by atoms with Gasteiger partial charge in [0.2, 0.25) is 0 Å². The molecule has 3 aromatic rings. The molecule has 3 aromatic carbocycles. The summed E-state index contributed by atoms with van der Waals surface area (Å²) in [5.41, 5.74) is 9.47. The van der Waals surface area contributed by atoms with Crippen LogP contribution in [0.15, 0.2) is 60.8 Å². The lowest BCUT2D eigenvalue weighted by Crippen LogP contribution is -2.21. The van der Waals surface area contributed by atoms with Crippen LogP contribution in [0.2, 0.25) is 0 Å². The van der Waals surface area contributed by atoms with Gasteiger partial charge in [-0.1, -0.05) is 56.8 Å². The van der Waals surface area contributed by atoms with E-state index in [1.165, 1.54) is 62.8 Å². The molecule has 0 radical (unpaired) electrons. The van der Waals surface area contributed by atoms with Gasteiger partial charge in [0.1, 0.15) is 0 Å². The van der Waals surface area contributed by atoms with E-state index in [0.717, 1.165) is 0 Å². The Kier molecular flexibility index (Phi) is 2.81. The number of fused-ring (bicyclic) bond motifs is 1. The molecule has 0 unspecified atom stereocenters. The number of aryl methyl sites for hydroxylation is 2. The fourth-order valence-electron chi connectivity index (χ4n) is 4.72. The van der Waals surface area contributed by atoms with Crippen LogP contribution in [0.25, 0.3) is 21.9 Å². The fourth-order valence-corrected chi connectivity index (χ4v) is 4.72. The molecule has 0 aromatic heterocycles. The van der Waals surface area contributed by atoms with E-state index in [4.69, 9.17) is 0 Å². The van der Waals surface area contributed by atoms with E-state index in [2.05, 4.69) is 80.9 Å². The van der Waals surface area contributed by atoms with Gasteiger partial charge < -0.3 is 4.90 Å². The predicted molar refractivity (Wildman–Crippen MR) is 107 cm³/mol. The third kappa shape index (κ3) is 1.84. The van der Waals surface area contributed by atoms with Gasteiger partial charge >= 0.3 is 0 Å². The van der Waals surface area contributed by atoms with Gasteiger partial charge in [0.05, 0.1) is 0 Å². The van der Waals surface area contributed by atoms with Gasteiger partial charge in [0.15, 0.2) is 0 Å². The van der Waals surface area contributed by atoms with Crippen molar-refractivity contribution >= 4 is 16.5 Å². The summed E-state index contributed by atoms with van der Waals surface area (Å²) in [4.78, 5) is 2.23. The van der Waals surface area contributed by atoms with Crippen LogP contribution in [-0.4, -0.2) is 7.05 Å². The second-order valence-electron chi connectivity index (χ2n) is 7.97. The number of allylic oxidation sites excluding steroid dienone is 1. The summed E-state index contributed by atoms with van der Waals surface area (Å²) in [6.45, 7) is 8.86. The summed E-state index contributed by atoms with van der Waals surface area (Å²) >= 11 is 0. The minimum Gasteiger partial charge on any atom is -0.348 e. The van der Waals surface area contributed by atoms with E-state index >= 15 is 0 Å². The Morgan fingerprint density at radius 3 is 2.52 bits per heavy atom. The van der Waals surface area contributed by atoms with Crippen LogP contribution in [0.4, 0.5) is 5.69 Å².